The first-order valence-electron chi connectivity index (χ1n) is 10.7. The Morgan fingerprint density at radius 3 is 2.21 bits per heavy atom. The highest BCUT2D eigenvalue weighted by atomic mass is 16.5. The van der Waals surface area contributed by atoms with Crippen LogP contribution in [0.1, 0.15) is 23.0 Å². The van der Waals surface area contributed by atoms with Crippen LogP contribution in [0, 0.1) is 0 Å². The maximum Gasteiger partial charge on any atom is 0.225 e. The van der Waals surface area contributed by atoms with Gasteiger partial charge in [-0.05, 0) is 41.8 Å². The number of amides is 1. The highest BCUT2D eigenvalue weighted by Crippen LogP contribution is 2.38. The zero-order valence-corrected chi connectivity index (χ0v) is 18.9. The summed E-state index contributed by atoms with van der Waals surface area (Å²) >= 11 is 0. The van der Waals surface area contributed by atoms with Crippen molar-refractivity contribution in [3.05, 3.63) is 83.7 Å². The summed E-state index contributed by atoms with van der Waals surface area (Å²) in [7, 11) is 4.66. The summed E-state index contributed by atoms with van der Waals surface area (Å²) in [6, 6.07) is 21.1. The van der Waals surface area contributed by atoms with Crippen molar-refractivity contribution in [2.75, 3.05) is 21.3 Å². The minimum absolute atomic E-state index is 0.134. The molecule has 170 valence electrons. The van der Waals surface area contributed by atoms with E-state index in [1.165, 1.54) is 0 Å². The number of nitrogens with one attached hydrogen (secondary N) is 2. The minimum Gasteiger partial charge on any atom is -0.493 e. The lowest BCUT2D eigenvalue weighted by molar-refractivity contribution is -0.121. The standard InChI is InChI=1S/C26H27N3O4/c1-31-22-14-18(15-23(32-2)25(22)33-3)16-24(30)27-21(13-17-9-5-4-6-10-17)26-28-19-11-7-8-12-20(19)29-26/h4-12,14-15,21H,13,16H2,1-3H3,(H,27,30)(H,28,29)/t21-/m1/s1. The van der Waals surface area contributed by atoms with E-state index < -0.39 is 0 Å². The van der Waals surface area contributed by atoms with Crippen LogP contribution < -0.4 is 19.5 Å². The molecule has 0 fully saturated rings. The molecule has 0 aliphatic heterocycles. The van der Waals surface area contributed by atoms with Gasteiger partial charge in [-0.25, -0.2) is 4.98 Å². The average Bonchev–Trinajstić information content (AvgIpc) is 3.28. The van der Waals surface area contributed by atoms with Gasteiger partial charge in [0.1, 0.15) is 5.82 Å². The SMILES string of the molecule is COc1cc(CC(=O)N[C@H](Cc2ccccc2)c2nc3ccccc3[nH]2)cc(OC)c1OC. The number of para-hydroxylation sites is 2. The fourth-order valence-corrected chi connectivity index (χ4v) is 3.87. The van der Waals surface area contributed by atoms with Gasteiger partial charge in [-0.2, -0.15) is 0 Å². The molecule has 0 unspecified atom stereocenters. The lowest BCUT2D eigenvalue weighted by atomic mass is 10.0. The lowest BCUT2D eigenvalue weighted by Crippen LogP contribution is -2.32. The quantitative estimate of drug-likeness (QED) is 0.403. The number of aromatic amines is 1. The number of hydrogen-bond donors (Lipinski definition) is 2. The van der Waals surface area contributed by atoms with Crippen LogP contribution >= 0.6 is 0 Å². The highest BCUT2D eigenvalue weighted by Gasteiger charge is 2.21. The van der Waals surface area contributed by atoms with Gasteiger partial charge >= 0.3 is 0 Å². The molecule has 0 aliphatic carbocycles. The number of benzene rings is 3. The van der Waals surface area contributed by atoms with Crippen LogP contribution in [0.3, 0.4) is 0 Å². The van der Waals surface area contributed by atoms with Crippen molar-refractivity contribution >= 4 is 16.9 Å². The predicted molar refractivity (Wildman–Crippen MR) is 127 cm³/mol. The van der Waals surface area contributed by atoms with Gasteiger partial charge in [0, 0.05) is 0 Å². The molecule has 7 nitrogen and oxygen atoms in total. The first-order valence-corrected chi connectivity index (χ1v) is 10.7. The molecule has 1 aromatic heterocycles. The molecule has 0 spiro atoms. The van der Waals surface area contributed by atoms with Crippen molar-refractivity contribution in [3.63, 3.8) is 0 Å². The monoisotopic (exact) mass is 445 g/mol. The van der Waals surface area contributed by atoms with Gasteiger partial charge in [0.25, 0.3) is 0 Å². The Hall–Kier alpha value is -4.00. The fraction of sp³-hybridized carbons (Fsp3) is 0.231. The van der Waals surface area contributed by atoms with Crippen LogP contribution in [0.15, 0.2) is 66.7 Å². The molecule has 33 heavy (non-hydrogen) atoms. The second-order valence-corrected chi connectivity index (χ2v) is 7.66. The minimum atomic E-state index is -0.311. The van der Waals surface area contributed by atoms with Crippen molar-refractivity contribution in [2.45, 2.75) is 18.9 Å². The Kier molecular flexibility index (Phi) is 6.78. The lowest BCUT2D eigenvalue weighted by Gasteiger charge is -2.18. The van der Waals surface area contributed by atoms with Gasteiger partial charge in [0.15, 0.2) is 11.5 Å². The van der Waals surface area contributed by atoms with Crippen molar-refractivity contribution < 1.29 is 19.0 Å². The number of hydrogen-bond acceptors (Lipinski definition) is 5. The number of H-pyrrole nitrogens is 1. The largest absolute Gasteiger partial charge is 0.493 e. The number of rotatable bonds is 9. The van der Waals surface area contributed by atoms with E-state index >= 15 is 0 Å². The number of aromatic nitrogens is 2. The molecule has 0 bridgehead atoms. The maximum atomic E-state index is 13.1. The Balaban J connectivity index is 1.59. The van der Waals surface area contributed by atoms with Gasteiger partial charge in [0.2, 0.25) is 11.7 Å². The van der Waals surface area contributed by atoms with E-state index in [1.807, 2.05) is 54.6 Å². The molecule has 0 saturated heterocycles. The van der Waals surface area contributed by atoms with Crippen LogP contribution in [0.25, 0.3) is 11.0 Å². The predicted octanol–water partition coefficient (Wildman–Crippen LogP) is 4.23. The van der Waals surface area contributed by atoms with E-state index in [0.717, 1.165) is 28.0 Å². The van der Waals surface area contributed by atoms with Crippen molar-refractivity contribution in [2.24, 2.45) is 0 Å². The Morgan fingerprint density at radius 2 is 1.58 bits per heavy atom. The zero-order chi connectivity index (χ0) is 23.2. The summed E-state index contributed by atoms with van der Waals surface area (Å²) in [5, 5.41) is 3.15. The topological polar surface area (TPSA) is 85.5 Å². The molecule has 4 aromatic rings. The Labute approximate surface area is 192 Å². The molecule has 0 saturated carbocycles. The Morgan fingerprint density at radius 1 is 0.909 bits per heavy atom. The van der Waals surface area contributed by atoms with Crippen molar-refractivity contribution in [1.29, 1.82) is 0 Å². The van der Waals surface area contributed by atoms with Crippen LogP contribution in [-0.4, -0.2) is 37.2 Å². The molecular formula is C26H27N3O4. The van der Waals surface area contributed by atoms with E-state index in [2.05, 4.69) is 10.3 Å². The zero-order valence-electron chi connectivity index (χ0n) is 18.9. The van der Waals surface area contributed by atoms with Crippen LogP contribution in [0.4, 0.5) is 0 Å². The average molecular weight is 446 g/mol. The van der Waals surface area contributed by atoms with Crippen LogP contribution in [0.2, 0.25) is 0 Å². The summed E-state index contributed by atoms with van der Waals surface area (Å²) in [5.74, 6) is 2.10. The third-order valence-electron chi connectivity index (χ3n) is 5.44. The number of carbonyl (C=O) groups excluding carboxylic acids is 1. The van der Waals surface area contributed by atoms with Gasteiger partial charge in [-0.15, -0.1) is 0 Å². The number of imidazole rings is 1. The highest BCUT2D eigenvalue weighted by molar-refractivity contribution is 5.80. The van der Waals surface area contributed by atoms with Crippen LogP contribution in [-0.2, 0) is 17.6 Å². The summed E-state index contributed by atoms with van der Waals surface area (Å²) in [5.41, 5.74) is 3.66. The summed E-state index contributed by atoms with van der Waals surface area (Å²) < 4.78 is 16.2. The fourth-order valence-electron chi connectivity index (χ4n) is 3.87. The summed E-state index contributed by atoms with van der Waals surface area (Å²) in [4.78, 5) is 21.2. The first kappa shape index (κ1) is 22.2. The maximum absolute atomic E-state index is 13.1. The normalized spacial score (nSPS) is 11.7. The number of methoxy groups -OCH3 is 3. The van der Waals surface area contributed by atoms with Crippen molar-refractivity contribution in [1.82, 2.24) is 15.3 Å². The molecule has 4 rings (SSSR count). The molecule has 1 amide bonds. The van der Waals surface area contributed by atoms with Gasteiger partial charge in [-0.3, -0.25) is 4.79 Å². The molecule has 0 radical (unpaired) electrons. The van der Waals surface area contributed by atoms with E-state index in [4.69, 9.17) is 19.2 Å². The summed E-state index contributed by atoms with van der Waals surface area (Å²) in [6.45, 7) is 0. The smallest absolute Gasteiger partial charge is 0.225 e. The number of fused-ring (bicyclic) bond motifs is 1. The molecule has 7 heteroatoms. The molecule has 0 aliphatic rings. The van der Waals surface area contributed by atoms with E-state index in [-0.39, 0.29) is 18.4 Å². The third kappa shape index (κ3) is 5.09. The Bertz CT molecular complexity index is 1180. The van der Waals surface area contributed by atoms with E-state index in [9.17, 15) is 4.79 Å². The second kappa shape index (κ2) is 10.1. The second-order valence-electron chi connectivity index (χ2n) is 7.66. The van der Waals surface area contributed by atoms with E-state index in [1.54, 1.807) is 33.5 Å². The van der Waals surface area contributed by atoms with Gasteiger partial charge < -0.3 is 24.5 Å². The van der Waals surface area contributed by atoms with E-state index in [0.29, 0.717) is 23.7 Å². The van der Waals surface area contributed by atoms with Crippen LogP contribution in [0.5, 0.6) is 17.2 Å². The molecule has 2 N–H and O–H groups in total. The first-order chi connectivity index (χ1) is 16.1. The number of carbonyl (C=O) groups is 1. The molecular weight excluding hydrogens is 418 g/mol. The molecule has 3 aromatic carbocycles. The molecule has 1 heterocycles. The summed E-state index contributed by atoms with van der Waals surface area (Å²) in [6.07, 6.45) is 0.768. The number of nitrogens with zero attached hydrogens (tertiary/aromatic N) is 1. The molecule has 1 atom stereocenters. The number of ether oxygens (including phenoxy) is 3. The van der Waals surface area contributed by atoms with Crippen molar-refractivity contribution in [3.8, 4) is 17.2 Å². The van der Waals surface area contributed by atoms with Gasteiger partial charge in [0.05, 0.1) is 44.8 Å². The van der Waals surface area contributed by atoms with Gasteiger partial charge in [-0.1, -0.05) is 42.5 Å². The third-order valence-corrected chi connectivity index (χ3v) is 5.44.